The number of rotatable bonds is 4. The average molecular weight is 183 g/mol. The van der Waals surface area contributed by atoms with Gasteiger partial charge < -0.3 is 9.30 Å². The number of methoxy groups -OCH3 is 1. The molecule has 5 nitrogen and oxygen atoms in total. The standard InChI is InChI=1S/C8H13N3O2/c1-3-4-11-6-9-10-7(11)5-8(12)13-2/h6H,3-5H2,1-2H3. The summed E-state index contributed by atoms with van der Waals surface area (Å²) in [5.41, 5.74) is 0. The maximum absolute atomic E-state index is 10.9. The molecule has 0 spiro atoms. The monoisotopic (exact) mass is 183 g/mol. The quantitative estimate of drug-likeness (QED) is 0.634. The molecular formula is C8H13N3O2. The van der Waals surface area contributed by atoms with Crippen molar-refractivity contribution in [3.63, 3.8) is 0 Å². The summed E-state index contributed by atoms with van der Waals surface area (Å²) < 4.78 is 6.39. The molecule has 13 heavy (non-hydrogen) atoms. The molecule has 0 radical (unpaired) electrons. The Kier molecular flexibility index (Phi) is 3.42. The van der Waals surface area contributed by atoms with Gasteiger partial charge in [0.1, 0.15) is 18.6 Å². The first kappa shape index (κ1) is 9.70. The summed E-state index contributed by atoms with van der Waals surface area (Å²) >= 11 is 0. The van der Waals surface area contributed by atoms with Gasteiger partial charge in [-0.2, -0.15) is 0 Å². The van der Waals surface area contributed by atoms with Crippen LogP contribution in [0.3, 0.4) is 0 Å². The first-order chi connectivity index (χ1) is 6.27. The van der Waals surface area contributed by atoms with Crippen LogP contribution >= 0.6 is 0 Å². The Morgan fingerprint density at radius 2 is 2.46 bits per heavy atom. The molecular weight excluding hydrogens is 170 g/mol. The van der Waals surface area contributed by atoms with E-state index in [1.165, 1.54) is 7.11 Å². The normalized spacial score (nSPS) is 10.0. The fourth-order valence-corrected chi connectivity index (χ4v) is 1.04. The van der Waals surface area contributed by atoms with Crippen LogP contribution in [0.4, 0.5) is 0 Å². The zero-order valence-corrected chi connectivity index (χ0v) is 7.86. The molecule has 1 aromatic rings. The van der Waals surface area contributed by atoms with E-state index < -0.39 is 0 Å². The Bertz CT molecular complexity index is 283. The summed E-state index contributed by atoms with van der Waals surface area (Å²) in [6.07, 6.45) is 2.81. The van der Waals surface area contributed by atoms with Gasteiger partial charge in [-0.15, -0.1) is 10.2 Å². The minimum absolute atomic E-state index is 0.191. The van der Waals surface area contributed by atoms with Crippen LogP contribution in [-0.2, 0) is 22.5 Å². The largest absolute Gasteiger partial charge is 0.469 e. The summed E-state index contributed by atoms with van der Waals surface area (Å²) in [7, 11) is 1.36. The van der Waals surface area contributed by atoms with Gasteiger partial charge in [0, 0.05) is 6.54 Å². The number of hydrogen-bond donors (Lipinski definition) is 0. The molecule has 1 rings (SSSR count). The maximum atomic E-state index is 10.9. The highest BCUT2D eigenvalue weighted by atomic mass is 16.5. The topological polar surface area (TPSA) is 57.0 Å². The summed E-state index contributed by atoms with van der Waals surface area (Å²) in [6.45, 7) is 2.89. The molecule has 72 valence electrons. The van der Waals surface area contributed by atoms with E-state index in [-0.39, 0.29) is 12.4 Å². The predicted molar refractivity (Wildman–Crippen MR) is 46.0 cm³/mol. The first-order valence-corrected chi connectivity index (χ1v) is 4.21. The lowest BCUT2D eigenvalue weighted by atomic mass is 10.4. The van der Waals surface area contributed by atoms with E-state index in [0.717, 1.165) is 13.0 Å². The number of ether oxygens (including phenoxy) is 1. The van der Waals surface area contributed by atoms with Crippen LogP contribution in [0.5, 0.6) is 0 Å². The summed E-state index contributed by atoms with van der Waals surface area (Å²) in [5, 5.41) is 7.57. The fraction of sp³-hybridized carbons (Fsp3) is 0.625. The van der Waals surface area contributed by atoms with Crippen LogP contribution in [0.15, 0.2) is 6.33 Å². The lowest BCUT2D eigenvalue weighted by Crippen LogP contribution is -2.10. The lowest BCUT2D eigenvalue weighted by molar-refractivity contribution is -0.139. The third-order valence-electron chi connectivity index (χ3n) is 1.69. The molecule has 0 bridgehead atoms. The molecule has 5 heteroatoms. The number of nitrogens with zero attached hydrogens (tertiary/aromatic N) is 3. The highest BCUT2D eigenvalue weighted by Gasteiger charge is 2.08. The molecule has 0 N–H and O–H groups in total. The molecule has 1 aromatic heterocycles. The minimum Gasteiger partial charge on any atom is -0.469 e. The molecule has 0 atom stereocenters. The van der Waals surface area contributed by atoms with Crippen LogP contribution < -0.4 is 0 Å². The Hall–Kier alpha value is -1.39. The van der Waals surface area contributed by atoms with Gasteiger partial charge >= 0.3 is 5.97 Å². The van der Waals surface area contributed by atoms with Crippen molar-refractivity contribution in [1.82, 2.24) is 14.8 Å². The van der Waals surface area contributed by atoms with Crippen molar-refractivity contribution in [2.45, 2.75) is 26.3 Å². The van der Waals surface area contributed by atoms with Gasteiger partial charge in [0.2, 0.25) is 0 Å². The number of esters is 1. The number of aryl methyl sites for hydroxylation is 1. The third-order valence-corrected chi connectivity index (χ3v) is 1.69. The molecule has 0 aliphatic heterocycles. The Labute approximate surface area is 76.7 Å². The van der Waals surface area contributed by atoms with Crippen molar-refractivity contribution in [3.05, 3.63) is 12.2 Å². The van der Waals surface area contributed by atoms with Crippen LogP contribution in [0.25, 0.3) is 0 Å². The second-order valence-corrected chi connectivity index (χ2v) is 2.69. The number of carbonyl (C=O) groups is 1. The maximum Gasteiger partial charge on any atom is 0.313 e. The SMILES string of the molecule is CCCn1cnnc1CC(=O)OC. The summed E-state index contributed by atoms with van der Waals surface area (Å²) in [4.78, 5) is 10.9. The van der Waals surface area contributed by atoms with Crippen LogP contribution in [0, 0.1) is 0 Å². The van der Waals surface area contributed by atoms with E-state index in [9.17, 15) is 4.79 Å². The zero-order chi connectivity index (χ0) is 9.68. The van der Waals surface area contributed by atoms with Crippen molar-refractivity contribution >= 4 is 5.97 Å². The number of aromatic nitrogens is 3. The van der Waals surface area contributed by atoms with Crippen molar-refractivity contribution < 1.29 is 9.53 Å². The zero-order valence-electron chi connectivity index (χ0n) is 7.86. The second kappa shape index (κ2) is 4.59. The average Bonchev–Trinajstić information content (AvgIpc) is 2.54. The fourth-order valence-electron chi connectivity index (χ4n) is 1.04. The summed E-state index contributed by atoms with van der Waals surface area (Å²) in [5.74, 6) is 0.374. The summed E-state index contributed by atoms with van der Waals surface area (Å²) in [6, 6.07) is 0. The van der Waals surface area contributed by atoms with E-state index >= 15 is 0 Å². The van der Waals surface area contributed by atoms with E-state index in [1.54, 1.807) is 6.33 Å². The molecule has 0 saturated heterocycles. The molecule has 0 aliphatic carbocycles. The molecule has 0 aromatic carbocycles. The van der Waals surface area contributed by atoms with Gasteiger partial charge in [-0.1, -0.05) is 6.92 Å². The van der Waals surface area contributed by atoms with E-state index in [0.29, 0.717) is 5.82 Å². The van der Waals surface area contributed by atoms with Gasteiger partial charge in [-0.25, -0.2) is 0 Å². The smallest absolute Gasteiger partial charge is 0.313 e. The molecule has 0 fully saturated rings. The molecule has 0 aliphatic rings. The Balaban J connectivity index is 2.64. The van der Waals surface area contributed by atoms with Crippen molar-refractivity contribution in [1.29, 1.82) is 0 Å². The van der Waals surface area contributed by atoms with Gasteiger partial charge in [-0.05, 0) is 6.42 Å². The van der Waals surface area contributed by atoms with E-state index in [1.807, 2.05) is 4.57 Å². The van der Waals surface area contributed by atoms with E-state index in [4.69, 9.17) is 0 Å². The highest BCUT2D eigenvalue weighted by Crippen LogP contribution is 1.98. The Morgan fingerprint density at radius 1 is 1.69 bits per heavy atom. The predicted octanol–water partition coefficient (Wildman–Crippen LogP) is 0.404. The third kappa shape index (κ3) is 2.54. The van der Waals surface area contributed by atoms with Crippen molar-refractivity contribution in [2.75, 3.05) is 7.11 Å². The van der Waals surface area contributed by atoms with Crippen molar-refractivity contribution in [3.8, 4) is 0 Å². The van der Waals surface area contributed by atoms with Crippen LogP contribution in [0.2, 0.25) is 0 Å². The van der Waals surface area contributed by atoms with Crippen molar-refractivity contribution in [2.24, 2.45) is 0 Å². The Morgan fingerprint density at radius 3 is 3.08 bits per heavy atom. The second-order valence-electron chi connectivity index (χ2n) is 2.69. The molecule has 1 heterocycles. The number of carbonyl (C=O) groups excluding carboxylic acids is 1. The van der Waals surface area contributed by atoms with Gasteiger partial charge in [0.05, 0.1) is 7.11 Å². The first-order valence-electron chi connectivity index (χ1n) is 4.21. The van der Waals surface area contributed by atoms with E-state index in [2.05, 4.69) is 21.9 Å². The molecule has 0 unspecified atom stereocenters. The molecule has 0 amide bonds. The molecule has 0 saturated carbocycles. The highest BCUT2D eigenvalue weighted by molar-refractivity contribution is 5.71. The van der Waals surface area contributed by atoms with Gasteiger partial charge in [-0.3, -0.25) is 4.79 Å². The van der Waals surface area contributed by atoms with Gasteiger partial charge in [0.15, 0.2) is 0 Å². The minimum atomic E-state index is -0.287. The lowest BCUT2D eigenvalue weighted by Gasteiger charge is -2.02. The number of hydrogen-bond acceptors (Lipinski definition) is 4. The van der Waals surface area contributed by atoms with Crippen LogP contribution in [0.1, 0.15) is 19.2 Å². The van der Waals surface area contributed by atoms with Crippen LogP contribution in [-0.4, -0.2) is 27.8 Å². The van der Waals surface area contributed by atoms with Gasteiger partial charge in [0.25, 0.3) is 0 Å².